The summed E-state index contributed by atoms with van der Waals surface area (Å²) in [7, 11) is 0. The Labute approximate surface area is 293 Å². The van der Waals surface area contributed by atoms with Gasteiger partial charge < -0.3 is 25.7 Å². The molecule has 8 nitrogen and oxygen atoms in total. The monoisotopic (exact) mass is 671 g/mol. The molecule has 0 aromatic heterocycles. The lowest BCUT2D eigenvalue weighted by molar-refractivity contribution is -0.489. The standard InChI is InChI=1S/C42H45N3O5/c46-25-40-33(30-17-9-3-10-18-30)39(24-43-21-32(49)50)35-41(26-47)34(31-19-11-4-12-20-31)42(27-48,37(40)44(35)22-28-13-5-1-6-14-28)38(40)45(36(39)41)23-29-15-7-2-8-16-29/h1-20,33-38,43,46-48H,21-27H2,(H,49,50). The first-order valence-electron chi connectivity index (χ1n) is 17.9. The summed E-state index contributed by atoms with van der Waals surface area (Å²) in [6, 6.07) is 40.8. The summed E-state index contributed by atoms with van der Waals surface area (Å²) in [5, 5.41) is 49.7. The van der Waals surface area contributed by atoms with E-state index < -0.39 is 27.6 Å². The second-order valence-electron chi connectivity index (χ2n) is 15.5. The summed E-state index contributed by atoms with van der Waals surface area (Å²) in [6.07, 6.45) is 0. The molecule has 4 saturated heterocycles. The molecule has 0 radical (unpaired) electrons. The summed E-state index contributed by atoms with van der Waals surface area (Å²) in [5.41, 5.74) is 1.83. The Morgan fingerprint density at radius 2 is 0.880 bits per heavy atom. The zero-order valence-electron chi connectivity index (χ0n) is 28.1. The van der Waals surface area contributed by atoms with Gasteiger partial charge in [-0.15, -0.1) is 0 Å². The number of hydrogen-bond acceptors (Lipinski definition) is 7. The Balaban J connectivity index is 1.36. The van der Waals surface area contributed by atoms with Crippen LogP contribution in [0.2, 0.25) is 0 Å². The molecular formula is C42H45N3O5. The summed E-state index contributed by atoms with van der Waals surface area (Å²) in [5.74, 6) is -1.25. The van der Waals surface area contributed by atoms with Crippen molar-refractivity contribution in [2.24, 2.45) is 21.7 Å². The van der Waals surface area contributed by atoms with Gasteiger partial charge in [-0.1, -0.05) is 121 Å². The van der Waals surface area contributed by atoms with Crippen LogP contribution < -0.4 is 5.32 Å². The maximum Gasteiger partial charge on any atom is 0.317 e. The van der Waals surface area contributed by atoms with Gasteiger partial charge in [0.15, 0.2) is 0 Å². The van der Waals surface area contributed by atoms with E-state index in [-0.39, 0.29) is 62.4 Å². The summed E-state index contributed by atoms with van der Waals surface area (Å²) in [6.45, 7) is 1.15. The number of nitrogens with zero attached hydrogens (tertiary/aromatic N) is 2. The molecule has 6 atom stereocenters. The Kier molecular flexibility index (Phi) is 7.41. The highest BCUT2D eigenvalue weighted by Crippen LogP contribution is 2.91. The van der Waals surface area contributed by atoms with Gasteiger partial charge in [0.1, 0.15) is 0 Å². The Bertz CT molecular complexity index is 1790. The molecule has 4 aromatic carbocycles. The van der Waals surface area contributed by atoms with Gasteiger partial charge in [-0.25, -0.2) is 0 Å². The molecule has 2 aliphatic carbocycles. The molecular weight excluding hydrogens is 626 g/mol. The number of rotatable bonds is 13. The predicted molar refractivity (Wildman–Crippen MR) is 189 cm³/mol. The third-order valence-corrected chi connectivity index (χ3v) is 13.8. The second kappa shape index (κ2) is 11.6. The van der Waals surface area contributed by atoms with E-state index in [9.17, 15) is 25.2 Å². The molecule has 0 amide bonds. The number of aliphatic hydroxyl groups excluding tert-OH is 3. The van der Waals surface area contributed by atoms with Crippen molar-refractivity contribution < 1.29 is 25.2 Å². The van der Waals surface area contributed by atoms with Crippen molar-refractivity contribution in [2.75, 3.05) is 32.9 Å². The number of carboxylic acids is 1. The van der Waals surface area contributed by atoms with Crippen molar-refractivity contribution in [1.82, 2.24) is 15.1 Å². The average Bonchev–Trinajstić information content (AvgIpc) is 3.13. The van der Waals surface area contributed by atoms with Crippen molar-refractivity contribution in [3.05, 3.63) is 144 Å². The van der Waals surface area contributed by atoms with Crippen LogP contribution in [0.25, 0.3) is 0 Å². The lowest BCUT2D eigenvalue weighted by Gasteiger charge is -2.98. The zero-order chi connectivity index (χ0) is 34.3. The van der Waals surface area contributed by atoms with Crippen LogP contribution in [-0.2, 0) is 17.9 Å². The maximum atomic E-state index is 12.1. The van der Waals surface area contributed by atoms with Crippen LogP contribution in [0.4, 0.5) is 0 Å². The van der Waals surface area contributed by atoms with E-state index in [4.69, 9.17) is 0 Å². The lowest BCUT2D eigenvalue weighted by atomic mass is 9.16. The quantitative estimate of drug-likeness (QED) is 0.146. The van der Waals surface area contributed by atoms with Crippen LogP contribution in [0.5, 0.6) is 0 Å². The van der Waals surface area contributed by atoms with Crippen molar-refractivity contribution >= 4 is 5.97 Å². The van der Waals surface area contributed by atoms with Gasteiger partial charge in [0, 0.05) is 77.3 Å². The average molecular weight is 672 g/mol. The lowest BCUT2D eigenvalue weighted by Crippen LogP contribution is -3.08. The van der Waals surface area contributed by atoms with Crippen LogP contribution in [0.1, 0.15) is 34.1 Å². The minimum Gasteiger partial charge on any atom is -0.480 e. The highest BCUT2D eigenvalue weighted by Gasteiger charge is 2.99. The second-order valence-corrected chi connectivity index (χ2v) is 15.5. The third kappa shape index (κ3) is 3.74. The van der Waals surface area contributed by atoms with Crippen molar-refractivity contribution in [3.63, 3.8) is 0 Å². The largest absolute Gasteiger partial charge is 0.480 e. The maximum absolute atomic E-state index is 12.1. The van der Waals surface area contributed by atoms with Crippen LogP contribution in [0, 0.1) is 21.7 Å². The van der Waals surface area contributed by atoms with E-state index in [0.717, 1.165) is 22.3 Å². The molecule has 0 spiro atoms. The number of hydrogen-bond donors (Lipinski definition) is 5. The summed E-state index contributed by atoms with van der Waals surface area (Å²) < 4.78 is 0. The van der Waals surface area contributed by atoms with E-state index in [2.05, 4.69) is 87.9 Å². The fraction of sp³-hybridized carbons (Fsp3) is 0.405. The molecule has 50 heavy (non-hydrogen) atoms. The molecule has 4 heterocycles. The number of carboxylic acid groups (broad SMARTS) is 1. The number of carbonyl (C=O) groups is 1. The normalized spacial score (nSPS) is 37.7. The molecule has 4 aromatic rings. The van der Waals surface area contributed by atoms with E-state index >= 15 is 0 Å². The number of piperidine rings is 4. The Hall–Kier alpha value is -3.89. The SMILES string of the molecule is O=C(O)CNCC12C(c3ccccc3)C3(CO)C4N(Cc5ccccc5)C1C1(CO)C(c5ccccc5)C4(CO)C3N(Cc3ccccc3)C12. The van der Waals surface area contributed by atoms with E-state index in [0.29, 0.717) is 19.6 Å². The zero-order valence-corrected chi connectivity index (χ0v) is 28.1. The van der Waals surface area contributed by atoms with Gasteiger partial charge in [-0.3, -0.25) is 14.6 Å². The van der Waals surface area contributed by atoms with Gasteiger partial charge in [0.2, 0.25) is 0 Å². The molecule has 8 heteroatoms. The third-order valence-electron chi connectivity index (χ3n) is 13.8. The molecule has 6 fully saturated rings. The summed E-state index contributed by atoms with van der Waals surface area (Å²) in [4.78, 5) is 17.2. The first kappa shape index (κ1) is 32.0. The van der Waals surface area contributed by atoms with Crippen molar-refractivity contribution in [2.45, 2.75) is 49.1 Å². The topological polar surface area (TPSA) is 116 Å². The van der Waals surface area contributed by atoms with E-state index in [1.54, 1.807) is 0 Å². The van der Waals surface area contributed by atoms with Gasteiger partial charge in [0.25, 0.3) is 0 Å². The van der Waals surface area contributed by atoms with Crippen molar-refractivity contribution in [1.29, 1.82) is 0 Å². The Morgan fingerprint density at radius 3 is 1.24 bits per heavy atom. The molecule has 6 unspecified atom stereocenters. The van der Waals surface area contributed by atoms with E-state index in [1.807, 2.05) is 48.5 Å². The number of nitrogens with one attached hydrogen (secondary N) is 1. The molecule has 5 N–H and O–H groups in total. The minimum absolute atomic E-state index is 0.0893. The molecule has 258 valence electrons. The first-order chi connectivity index (χ1) is 24.5. The Morgan fingerprint density at radius 1 is 0.540 bits per heavy atom. The van der Waals surface area contributed by atoms with Crippen molar-refractivity contribution in [3.8, 4) is 0 Å². The predicted octanol–water partition coefficient (Wildman–Crippen LogP) is 3.70. The highest BCUT2D eigenvalue weighted by atomic mass is 16.4. The molecule has 2 saturated carbocycles. The van der Waals surface area contributed by atoms with Gasteiger partial charge >= 0.3 is 5.97 Å². The fourth-order valence-corrected chi connectivity index (χ4v) is 13.4. The smallest absolute Gasteiger partial charge is 0.317 e. The minimum atomic E-state index is -0.918. The number of aliphatic hydroxyl groups is 3. The van der Waals surface area contributed by atoms with Crippen LogP contribution in [-0.4, -0.2) is 93.3 Å². The van der Waals surface area contributed by atoms with Crippen LogP contribution in [0.3, 0.4) is 0 Å². The van der Waals surface area contributed by atoms with Crippen LogP contribution >= 0.6 is 0 Å². The van der Waals surface area contributed by atoms with E-state index in [1.165, 1.54) is 0 Å². The fourth-order valence-electron chi connectivity index (χ4n) is 13.4. The highest BCUT2D eigenvalue weighted by molar-refractivity contribution is 5.69. The summed E-state index contributed by atoms with van der Waals surface area (Å²) >= 11 is 0. The van der Waals surface area contributed by atoms with Gasteiger partial charge in [-0.2, -0.15) is 0 Å². The number of benzene rings is 4. The van der Waals surface area contributed by atoms with Gasteiger partial charge in [0.05, 0.1) is 26.4 Å². The number of aliphatic carboxylic acids is 1. The molecule has 6 aliphatic rings. The molecule has 4 aliphatic heterocycles. The molecule has 8 bridgehead atoms. The molecule has 10 rings (SSSR count). The first-order valence-corrected chi connectivity index (χ1v) is 17.9. The van der Waals surface area contributed by atoms with Gasteiger partial charge in [-0.05, 0) is 22.3 Å². The van der Waals surface area contributed by atoms with Crippen LogP contribution in [0.15, 0.2) is 121 Å².